The molecule has 0 aliphatic heterocycles. The molecule has 0 atom stereocenters. The van der Waals surface area contributed by atoms with Gasteiger partial charge in [-0.3, -0.25) is 14.2 Å². The van der Waals surface area contributed by atoms with E-state index in [-0.39, 0.29) is 11.3 Å². The zero-order valence-corrected chi connectivity index (χ0v) is 9.74. The van der Waals surface area contributed by atoms with Gasteiger partial charge in [0, 0.05) is 5.39 Å². The third-order valence-electron chi connectivity index (χ3n) is 2.85. The van der Waals surface area contributed by atoms with Crippen LogP contribution < -0.4 is 5.73 Å². The summed E-state index contributed by atoms with van der Waals surface area (Å²) in [5.74, 6) is -1.07. The van der Waals surface area contributed by atoms with Crippen molar-refractivity contribution in [3.8, 4) is 0 Å². The van der Waals surface area contributed by atoms with Crippen LogP contribution in [0.1, 0.15) is 20.8 Å². The van der Waals surface area contributed by atoms with E-state index in [1.165, 1.54) is 17.0 Å². The van der Waals surface area contributed by atoms with E-state index in [0.29, 0.717) is 5.52 Å². The molecule has 19 heavy (non-hydrogen) atoms. The van der Waals surface area contributed by atoms with Crippen molar-refractivity contribution in [1.29, 1.82) is 0 Å². The molecule has 6 nitrogen and oxygen atoms in total. The molecule has 0 saturated carbocycles. The van der Waals surface area contributed by atoms with Gasteiger partial charge in [-0.1, -0.05) is 23.4 Å². The summed E-state index contributed by atoms with van der Waals surface area (Å²) >= 11 is 0. The summed E-state index contributed by atoms with van der Waals surface area (Å²) in [6, 6.07) is 8.74. The molecule has 0 aliphatic rings. The number of fused-ring (bicyclic) bond motifs is 1. The molecule has 1 aromatic carbocycles. The number of rotatable bonds is 2. The zero-order chi connectivity index (χ0) is 13.4. The molecule has 1 amide bonds. The van der Waals surface area contributed by atoms with Gasteiger partial charge in [0.2, 0.25) is 0 Å². The van der Waals surface area contributed by atoms with Crippen molar-refractivity contribution in [2.75, 3.05) is 0 Å². The van der Waals surface area contributed by atoms with E-state index in [1.54, 1.807) is 24.3 Å². The maximum absolute atomic E-state index is 12.4. The molecule has 0 unspecified atom stereocenters. The Kier molecular flexibility index (Phi) is 2.42. The largest absolute Gasteiger partial charge is 0.364 e. The minimum Gasteiger partial charge on any atom is -0.364 e. The Morgan fingerprint density at radius 1 is 1.26 bits per heavy atom. The van der Waals surface area contributed by atoms with Crippen LogP contribution in [0.3, 0.4) is 0 Å². The molecule has 2 heterocycles. The second-order valence-corrected chi connectivity index (χ2v) is 4.01. The van der Waals surface area contributed by atoms with E-state index in [4.69, 9.17) is 5.73 Å². The van der Waals surface area contributed by atoms with Crippen LogP contribution in [0.2, 0.25) is 0 Å². The van der Waals surface area contributed by atoms with Gasteiger partial charge in [-0.05, 0) is 12.1 Å². The number of amides is 1. The lowest BCUT2D eigenvalue weighted by molar-refractivity contribution is 0.0926. The van der Waals surface area contributed by atoms with Gasteiger partial charge in [-0.25, -0.2) is 0 Å². The van der Waals surface area contributed by atoms with Crippen molar-refractivity contribution in [3.05, 3.63) is 54.0 Å². The number of hydrogen-bond donors (Lipinski definition) is 1. The van der Waals surface area contributed by atoms with Gasteiger partial charge in [0.1, 0.15) is 12.0 Å². The molecule has 94 valence electrons. The lowest BCUT2D eigenvalue weighted by Gasteiger charge is -2.04. The fraction of sp³-hybridized carbons (Fsp3) is 0. The monoisotopic (exact) mass is 255 g/mol. The van der Waals surface area contributed by atoms with Crippen LogP contribution in [0, 0.1) is 0 Å². The molecule has 3 rings (SSSR count). The van der Waals surface area contributed by atoms with Crippen molar-refractivity contribution in [3.63, 3.8) is 0 Å². The Morgan fingerprint density at radius 2 is 2.05 bits per heavy atom. The van der Waals surface area contributed by atoms with E-state index in [2.05, 4.69) is 9.68 Å². The van der Waals surface area contributed by atoms with Crippen LogP contribution >= 0.6 is 0 Å². The highest BCUT2D eigenvalue weighted by Gasteiger charge is 2.20. The molecule has 2 aromatic heterocycles. The molecule has 2 N–H and O–H groups in total. The number of para-hydroxylation sites is 1. The van der Waals surface area contributed by atoms with Crippen molar-refractivity contribution < 1.29 is 14.1 Å². The number of carbonyl (C=O) groups excluding carboxylic acids is 2. The maximum atomic E-state index is 12.4. The summed E-state index contributed by atoms with van der Waals surface area (Å²) in [7, 11) is 0. The van der Waals surface area contributed by atoms with Gasteiger partial charge in [-0.2, -0.15) is 0 Å². The average molecular weight is 255 g/mol. The van der Waals surface area contributed by atoms with Gasteiger partial charge >= 0.3 is 0 Å². The first kappa shape index (κ1) is 11.2. The molecule has 0 spiro atoms. The fourth-order valence-electron chi connectivity index (χ4n) is 1.99. The van der Waals surface area contributed by atoms with Crippen molar-refractivity contribution >= 4 is 22.7 Å². The Bertz CT molecular complexity index is 772. The van der Waals surface area contributed by atoms with Gasteiger partial charge in [-0.15, -0.1) is 0 Å². The normalized spacial score (nSPS) is 10.7. The van der Waals surface area contributed by atoms with Crippen LogP contribution in [0.5, 0.6) is 0 Å². The number of aromatic nitrogens is 2. The summed E-state index contributed by atoms with van der Waals surface area (Å²) in [6.07, 6.45) is 2.52. The topological polar surface area (TPSA) is 91.1 Å². The van der Waals surface area contributed by atoms with Gasteiger partial charge in [0.05, 0.1) is 17.3 Å². The first-order valence-electron chi connectivity index (χ1n) is 5.53. The minimum atomic E-state index is -0.666. The summed E-state index contributed by atoms with van der Waals surface area (Å²) in [5.41, 5.74) is 6.32. The van der Waals surface area contributed by atoms with E-state index in [1.807, 2.05) is 6.07 Å². The summed E-state index contributed by atoms with van der Waals surface area (Å²) in [6.45, 7) is 0. The van der Waals surface area contributed by atoms with Crippen molar-refractivity contribution in [2.45, 2.75) is 0 Å². The molecule has 6 heteroatoms. The van der Waals surface area contributed by atoms with Gasteiger partial charge in [0.25, 0.3) is 11.8 Å². The first-order chi connectivity index (χ1) is 9.18. The molecule has 0 fully saturated rings. The molecular weight excluding hydrogens is 246 g/mol. The van der Waals surface area contributed by atoms with Crippen LogP contribution in [-0.4, -0.2) is 21.5 Å². The molecule has 0 saturated heterocycles. The number of primary amides is 1. The Balaban J connectivity index is 2.29. The van der Waals surface area contributed by atoms with E-state index in [9.17, 15) is 9.59 Å². The number of nitrogens with two attached hydrogens (primary N) is 1. The standard InChI is InChI=1S/C13H9N3O3/c14-12(17)11-5-8-3-1-2-4-10(8)16(11)13(18)9-6-15-19-7-9/h1-7H,(H2,14,17). The average Bonchev–Trinajstić information content (AvgIpc) is 3.05. The Morgan fingerprint density at radius 3 is 2.74 bits per heavy atom. The van der Waals surface area contributed by atoms with E-state index in [0.717, 1.165) is 5.39 Å². The fourth-order valence-corrected chi connectivity index (χ4v) is 1.99. The van der Waals surface area contributed by atoms with Crippen LogP contribution in [0.15, 0.2) is 47.3 Å². The smallest absolute Gasteiger partial charge is 0.267 e. The Labute approximate surface area is 107 Å². The SMILES string of the molecule is NC(=O)c1cc2ccccc2n1C(=O)c1cnoc1. The number of benzene rings is 1. The molecule has 0 bridgehead atoms. The third-order valence-corrected chi connectivity index (χ3v) is 2.85. The number of carbonyl (C=O) groups is 2. The molecule has 0 radical (unpaired) electrons. The highest BCUT2D eigenvalue weighted by Crippen LogP contribution is 2.21. The second kappa shape index (κ2) is 4.09. The van der Waals surface area contributed by atoms with Gasteiger partial charge < -0.3 is 10.3 Å². The molecule has 3 aromatic rings. The van der Waals surface area contributed by atoms with Crippen molar-refractivity contribution in [2.24, 2.45) is 5.73 Å². The second-order valence-electron chi connectivity index (χ2n) is 4.01. The first-order valence-corrected chi connectivity index (χ1v) is 5.53. The third kappa shape index (κ3) is 1.70. The van der Waals surface area contributed by atoms with E-state index >= 15 is 0 Å². The molecular formula is C13H9N3O3. The van der Waals surface area contributed by atoms with Gasteiger partial charge in [0.15, 0.2) is 0 Å². The van der Waals surface area contributed by atoms with Crippen molar-refractivity contribution in [1.82, 2.24) is 9.72 Å². The zero-order valence-electron chi connectivity index (χ0n) is 9.74. The summed E-state index contributed by atoms with van der Waals surface area (Å²) in [4.78, 5) is 23.8. The van der Waals surface area contributed by atoms with Crippen LogP contribution in [0.25, 0.3) is 10.9 Å². The summed E-state index contributed by atoms with van der Waals surface area (Å²) < 4.78 is 5.91. The maximum Gasteiger partial charge on any atom is 0.267 e. The predicted molar refractivity (Wildman–Crippen MR) is 66.7 cm³/mol. The quantitative estimate of drug-likeness (QED) is 0.749. The molecule has 0 aliphatic carbocycles. The number of hydrogen-bond acceptors (Lipinski definition) is 4. The Hall–Kier alpha value is -2.89. The summed E-state index contributed by atoms with van der Waals surface area (Å²) in [5, 5.41) is 4.25. The number of nitrogens with zero attached hydrogens (tertiary/aromatic N) is 2. The minimum absolute atomic E-state index is 0.132. The predicted octanol–water partition coefficient (Wildman–Crippen LogP) is 1.42. The highest BCUT2D eigenvalue weighted by atomic mass is 16.5. The van der Waals surface area contributed by atoms with E-state index < -0.39 is 11.8 Å². The lowest BCUT2D eigenvalue weighted by Crippen LogP contribution is -2.21. The van der Waals surface area contributed by atoms with Crippen LogP contribution in [-0.2, 0) is 0 Å². The highest BCUT2D eigenvalue weighted by molar-refractivity contribution is 6.08. The lowest BCUT2D eigenvalue weighted by atomic mass is 10.2. The van der Waals surface area contributed by atoms with Crippen LogP contribution in [0.4, 0.5) is 0 Å².